The molecule has 0 saturated carbocycles. The van der Waals surface area contributed by atoms with Crippen LogP contribution in [0, 0.1) is 18.3 Å². The molecule has 1 aliphatic heterocycles. The van der Waals surface area contributed by atoms with Crippen molar-refractivity contribution in [2.75, 3.05) is 6.54 Å². The molecule has 0 aromatic heterocycles. The first-order valence-corrected chi connectivity index (χ1v) is 5.03. The van der Waals surface area contributed by atoms with E-state index in [2.05, 4.69) is 5.92 Å². The minimum Gasteiger partial charge on any atom is -0.481 e. The van der Waals surface area contributed by atoms with Gasteiger partial charge in [-0.1, -0.05) is 0 Å². The van der Waals surface area contributed by atoms with Crippen LogP contribution in [0.1, 0.15) is 26.2 Å². The molecule has 0 spiro atoms. The van der Waals surface area contributed by atoms with E-state index in [-0.39, 0.29) is 11.9 Å². The molecular formula is C11H15NO3. The second kappa shape index (κ2) is 4.83. The fraction of sp³-hybridized carbons (Fsp3) is 0.636. The zero-order valence-electron chi connectivity index (χ0n) is 8.77. The van der Waals surface area contributed by atoms with E-state index in [9.17, 15) is 9.59 Å². The lowest BCUT2D eigenvalue weighted by Crippen LogP contribution is -2.37. The number of aliphatic carboxylic acids is 1. The standard InChI is InChI=1S/C11H15NO3/c1-3-4-5-10(13)12-7-6-9(8(12)2)11(14)15/h1,8-9H,4-7H2,2H3,(H,14,15). The minimum atomic E-state index is -0.824. The van der Waals surface area contributed by atoms with Gasteiger partial charge in [-0.15, -0.1) is 12.3 Å². The molecule has 1 saturated heterocycles. The molecule has 0 aliphatic carbocycles. The summed E-state index contributed by atoms with van der Waals surface area (Å²) in [7, 11) is 0. The molecule has 0 aromatic rings. The van der Waals surface area contributed by atoms with E-state index in [4.69, 9.17) is 11.5 Å². The molecule has 2 unspecified atom stereocenters. The second-order valence-corrected chi connectivity index (χ2v) is 3.77. The van der Waals surface area contributed by atoms with Crippen LogP contribution in [0.15, 0.2) is 0 Å². The summed E-state index contributed by atoms with van der Waals surface area (Å²) in [6.45, 7) is 2.31. The summed E-state index contributed by atoms with van der Waals surface area (Å²) in [6.07, 6.45) is 6.34. The lowest BCUT2D eigenvalue weighted by Gasteiger charge is -2.22. The Hall–Kier alpha value is -1.50. The van der Waals surface area contributed by atoms with Crippen molar-refractivity contribution >= 4 is 11.9 Å². The van der Waals surface area contributed by atoms with Crippen LogP contribution in [-0.4, -0.2) is 34.5 Å². The van der Waals surface area contributed by atoms with Crippen LogP contribution >= 0.6 is 0 Å². The maximum atomic E-state index is 11.6. The number of amides is 1. The number of carboxylic acids is 1. The van der Waals surface area contributed by atoms with Crippen molar-refractivity contribution < 1.29 is 14.7 Å². The zero-order chi connectivity index (χ0) is 11.4. The minimum absolute atomic E-state index is 0.0378. The smallest absolute Gasteiger partial charge is 0.308 e. The Morgan fingerprint density at radius 3 is 2.73 bits per heavy atom. The monoisotopic (exact) mass is 209 g/mol. The third-order valence-corrected chi connectivity index (χ3v) is 2.88. The zero-order valence-corrected chi connectivity index (χ0v) is 8.77. The SMILES string of the molecule is C#CCCC(=O)N1CCC(C(=O)O)C1C. The van der Waals surface area contributed by atoms with Gasteiger partial charge in [0.25, 0.3) is 0 Å². The Kier molecular flexibility index (Phi) is 3.73. The Balaban J connectivity index is 2.56. The third-order valence-electron chi connectivity index (χ3n) is 2.88. The summed E-state index contributed by atoms with van der Waals surface area (Å²) in [5.41, 5.74) is 0. The van der Waals surface area contributed by atoms with Gasteiger partial charge in [-0.2, -0.15) is 0 Å². The Bertz CT molecular complexity index is 305. The molecule has 15 heavy (non-hydrogen) atoms. The number of carboxylic acid groups (broad SMARTS) is 1. The van der Waals surface area contributed by atoms with E-state index in [1.165, 1.54) is 0 Å². The molecule has 1 heterocycles. The molecule has 1 fully saturated rings. The summed E-state index contributed by atoms with van der Waals surface area (Å²) >= 11 is 0. The van der Waals surface area contributed by atoms with Gasteiger partial charge in [0.05, 0.1) is 5.92 Å². The molecule has 82 valence electrons. The number of nitrogens with zero attached hydrogens (tertiary/aromatic N) is 1. The molecule has 1 rings (SSSR count). The molecule has 1 aliphatic rings. The molecule has 0 aromatic carbocycles. The fourth-order valence-corrected chi connectivity index (χ4v) is 1.94. The van der Waals surface area contributed by atoms with Crippen molar-refractivity contribution in [3.8, 4) is 12.3 Å². The van der Waals surface area contributed by atoms with Gasteiger partial charge in [0.1, 0.15) is 0 Å². The average molecular weight is 209 g/mol. The molecule has 2 atom stereocenters. The summed E-state index contributed by atoms with van der Waals surface area (Å²) in [5, 5.41) is 8.89. The first-order valence-electron chi connectivity index (χ1n) is 5.03. The number of hydrogen-bond donors (Lipinski definition) is 1. The van der Waals surface area contributed by atoms with Crippen molar-refractivity contribution in [1.82, 2.24) is 4.90 Å². The van der Waals surface area contributed by atoms with Crippen LogP contribution in [0.4, 0.5) is 0 Å². The van der Waals surface area contributed by atoms with Crippen LogP contribution in [-0.2, 0) is 9.59 Å². The average Bonchev–Trinajstić information content (AvgIpc) is 2.56. The Morgan fingerprint density at radius 2 is 2.27 bits per heavy atom. The quantitative estimate of drug-likeness (QED) is 0.697. The number of carbonyl (C=O) groups is 2. The van der Waals surface area contributed by atoms with Crippen molar-refractivity contribution in [1.29, 1.82) is 0 Å². The highest BCUT2D eigenvalue weighted by atomic mass is 16.4. The fourth-order valence-electron chi connectivity index (χ4n) is 1.94. The summed E-state index contributed by atoms with van der Waals surface area (Å²) in [5.74, 6) is 1.11. The van der Waals surface area contributed by atoms with Gasteiger partial charge in [-0.05, 0) is 13.3 Å². The Labute approximate surface area is 89.3 Å². The highest BCUT2D eigenvalue weighted by molar-refractivity contribution is 5.79. The van der Waals surface area contributed by atoms with E-state index in [0.29, 0.717) is 25.8 Å². The maximum Gasteiger partial charge on any atom is 0.308 e. The van der Waals surface area contributed by atoms with Gasteiger partial charge >= 0.3 is 5.97 Å². The molecule has 4 nitrogen and oxygen atoms in total. The molecule has 0 bridgehead atoms. The van der Waals surface area contributed by atoms with E-state index in [1.54, 1.807) is 11.8 Å². The molecular weight excluding hydrogens is 194 g/mol. The van der Waals surface area contributed by atoms with E-state index in [0.717, 1.165) is 0 Å². The normalized spacial score (nSPS) is 24.9. The van der Waals surface area contributed by atoms with E-state index in [1.807, 2.05) is 0 Å². The molecule has 1 amide bonds. The molecule has 0 radical (unpaired) electrons. The van der Waals surface area contributed by atoms with Gasteiger partial charge in [0, 0.05) is 25.4 Å². The van der Waals surface area contributed by atoms with Crippen molar-refractivity contribution in [2.24, 2.45) is 5.92 Å². The first kappa shape index (κ1) is 11.6. The third kappa shape index (κ3) is 2.50. The van der Waals surface area contributed by atoms with Gasteiger partial charge in [0.15, 0.2) is 0 Å². The first-order chi connectivity index (χ1) is 7.07. The maximum absolute atomic E-state index is 11.6. The lowest BCUT2D eigenvalue weighted by molar-refractivity contribution is -0.143. The lowest BCUT2D eigenvalue weighted by atomic mass is 10.0. The number of hydrogen-bond acceptors (Lipinski definition) is 2. The highest BCUT2D eigenvalue weighted by Gasteiger charge is 2.37. The molecule has 4 heteroatoms. The van der Waals surface area contributed by atoms with Gasteiger partial charge < -0.3 is 10.0 Å². The number of terminal acetylenes is 1. The van der Waals surface area contributed by atoms with Gasteiger partial charge in [-0.25, -0.2) is 0 Å². The molecule has 1 N–H and O–H groups in total. The predicted octanol–water partition coefficient (Wildman–Crippen LogP) is 0.721. The second-order valence-electron chi connectivity index (χ2n) is 3.77. The van der Waals surface area contributed by atoms with Crippen LogP contribution in [0.25, 0.3) is 0 Å². The van der Waals surface area contributed by atoms with Crippen LogP contribution in [0.2, 0.25) is 0 Å². The largest absolute Gasteiger partial charge is 0.481 e. The van der Waals surface area contributed by atoms with Crippen molar-refractivity contribution in [2.45, 2.75) is 32.2 Å². The van der Waals surface area contributed by atoms with E-state index < -0.39 is 11.9 Å². The highest BCUT2D eigenvalue weighted by Crippen LogP contribution is 2.24. The van der Waals surface area contributed by atoms with Crippen molar-refractivity contribution in [3.05, 3.63) is 0 Å². The number of likely N-dealkylation sites (tertiary alicyclic amines) is 1. The van der Waals surface area contributed by atoms with Crippen LogP contribution in [0.3, 0.4) is 0 Å². The summed E-state index contributed by atoms with van der Waals surface area (Å²) in [6, 6.07) is -0.215. The van der Waals surface area contributed by atoms with Crippen LogP contribution in [0.5, 0.6) is 0 Å². The van der Waals surface area contributed by atoms with E-state index >= 15 is 0 Å². The Morgan fingerprint density at radius 1 is 1.60 bits per heavy atom. The summed E-state index contributed by atoms with van der Waals surface area (Å²) in [4.78, 5) is 24.1. The van der Waals surface area contributed by atoms with Gasteiger partial charge in [-0.3, -0.25) is 9.59 Å². The summed E-state index contributed by atoms with van der Waals surface area (Å²) < 4.78 is 0. The van der Waals surface area contributed by atoms with Crippen molar-refractivity contribution in [3.63, 3.8) is 0 Å². The predicted molar refractivity (Wildman–Crippen MR) is 55.0 cm³/mol. The van der Waals surface area contributed by atoms with Crippen LogP contribution < -0.4 is 0 Å². The topological polar surface area (TPSA) is 57.6 Å². The number of carbonyl (C=O) groups excluding carboxylic acids is 1. The number of rotatable bonds is 3. The van der Waals surface area contributed by atoms with Gasteiger partial charge in [0.2, 0.25) is 5.91 Å².